The van der Waals surface area contributed by atoms with Crippen molar-refractivity contribution in [3.05, 3.63) is 22.4 Å². The largest absolute Gasteiger partial charge is 0.338 e. The van der Waals surface area contributed by atoms with Crippen molar-refractivity contribution in [2.75, 3.05) is 19.8 Å². The fourth-order valence-corrected chi connectivity index (χ4v) is 5.53. The third kappa shape index (κ3) is 3.30. The maximum Gasteiger partial charge on any atom is 0.338 e. The molecule has 3 aliphatic rings. The molecule has 0 radical (unpaired) electrons. The molecule has 4 amide bonds. The molecule has 2 saturated heterocycles. The summed E-state index contributed by atoms with van der Waals surface area (Å²) in [7, 11) is 0. The number of nitrogens with one attached hydrogen (secondary N) is 1. The van der Waals surface area contributed by atoms with Crippen LogP contribution in [0.2, 0.25) is 0 Å². The molecule has 26 heavy (non-hydrogen) atoms. The summed E-state index contributed by atoms with van der Waals surface area (Å²) in [5.74, 6) is -0.597. The average Bonchev–Trinajstić information content (AvgIpc) is 3.24. The van der Waals surface area contributed by atoms with E-state index in [1.165, 1.54) is 41.9 Å². The molecule has 1 aromatic heterocycles. The lowest BCUT2D eigenvalue weighted by Gasteiger charge is -2.41. The summed E-state index contributed by atoms with van der Waals surface area (Å²) in [5, 5.41) is 1.97. The van der Waals surface area contributed by atoms with Crippen LogP contribution in [0.3, 0.4) is 0 Å². The van der Waals surface area contributed by atoms with Crippen molar-refractivity contribution in [3.8, 4) is 0 Å². The molecule has 4 rings (SSSR count). The number of thiophene rings is 1. The van der Waals surface area contributed by atoms with Crippen LogP contribution < -0.4 is 4.90 Å². The van der Waals surface area contributed by atoms with E-state index < -0.39 is 17.8 Å². The predicted molar refractivity (Wildman–Crippen MR) is 97.7 cm³/mol. The molecule has 1 saturated carbocycles. The standard InChI is InChI=1S/C19H25N3O3S/c23-17-18(24)22(19(25)21(17)11-9-15-7-4-12-26-15)13-20-10-3-6-14-5-1-2-8-16(14)20/h4,7,12,14,16H,1-3,5-6,8-11,13H2/p+1/t14-,16-/m0/s1. The zero-order valence-electron chi connectivity index (χ0n) is 15.0. The number of piperidine rings is 1. The number of amides is 4. The Morgan fingerprint density at radius 3 is 2.62 bits per heavy atom. The first-order valence-electron chi connectivity index (χ1n) is 9.69. The molecule has 0 bridgehead atoms. The number of likely N-dealkylation sites (tertiary alicyclic amines) is 1. The minimum atomic E-state index is -0.664. The van der Waals surface area contributed by atoms with E-state index >= 15 is 0 Å². The molecule has 1 N–H and O–H groups in total. The number of imide groups is 2. The topological polar surface area (TPSA) is 62.1 Å². The van der Waals surface area contributed by atoms with Gasteiger partial charge in [-0.1, -0.05) is 12.5 Å². The van der Waals surface area contributed by atoms with Crippen LogP contribution in [0.25, 0.3) is 0 Å². The lowest BCUT2D eigenvalue weighted by atomic mass is 9.78. The molecule has 1 unspecified atom stereocenters. The maximum atomic E-state index is 12.7. The van der Waals surface area contributed by atoms with E-state index in [2.05, 4.69) is 0 Å². The number of hydrogen-bond donors (Lipinski definition) is 1. The van der Waals surface area contributed by atoms with Gasteiger partial charge in [0.15, 0.2) is 6.67 Å². The van der Waals surface area contributed by atoms with Crippen LogP contribution in [-0.4, -0.2) is 53.4 Å². The molecule has 1 aromatic rings. The lowest BCUT2D eigenvalue weighted by molar-refractivity contribution is -0.942. The van der Waals surface area contributed by atoms with Gasteiger partial charge in [-0.15, -0.1) is 11.3 Å². The van der Waals surface area contributed by atoms with Crippen molar-refractivity contribution in [2.24, 2.45) is 5.92 Å². The predicted octanol–water partition coefficient (Wildman–Crippen LogP) is 1.28. The zero-order chi connectivity index (χ0) is 18.1. The fraction of sp³-hybridized carbons (Fsp3) is 0.632. The molecule has 3 heterocycles. The van der Waals surface area contributed by atoms with Gasteiger partial charge in [0.2, 0.25) is 0 Å². The highest BCUT2D eigenvalue weighted by Crippen LogP contribution is 2.28. The Morgan fingerprint density at radius 2 is 1.81 bits per heavy atom. The summed E-state index contributed by atoms with van der Waals surface area (Å²) in [4.78, 5) is 42.2. The van der Waals surface area contributed by atoms with E-state index in [9.17, 15) is 14.4 Å². The Balaban J connectivity index is 1.42. The maximum absolute atomic E-state index is 12.7. The number of carbonyl (C=O) groups is 3. The smallest absolute Gasteiger partial charge is 0.315 e. The van der Waals surface area contributed by atoms with Crippen molar-refractivity contribution in [2.45, 2.75) is 51.0 Å². The number of carbonyl (C=O) groups excluding carboxylic acids is 3. The van der Waals surface area contributed by atoms with E-state index in [4.69, 9.17) is 0 Å². The highest BCUT2D eigenvalue weighted by molar-refractivity contribution is 7.09. The van der Waals surface area contributed by atoms with Gasteiger partial charge < -0.3 is 4.90 Å². The minimum Gasteiger partial charge on any atom is -0.315 e. The van der Waals surface area contributed by atoms with Crippen molar-refractivity contribution < 1.29 is 19.3 Å². The van der Waals surface area contributed by atoms with Gasteiger partial charge >= 0.3 is 17.8 Å². The van der Waals surface area contributed by atoms with Crippen LogP contribution in [0.4, 0.5) is 4.79 Å². The Kier molecular flexibility index (Phi) is 5.09. The second-order valence-corrected chi connectivity index (χ2v) is 8.69. The third-order valence-electron chi connectivity index (χ3n) is 6.16. The van der Waals surface area contributed by atoms with Gasteiger partial charge in [-0.3, -0.25) is 14.5 Å². The van der Waals surface area contributed by atoms with Gasteiger partial charge in [0, 0.05) is 23.8 Å². The van der Waals surface area contributed by atoms with Crippen LogP contribution in [0.5, 0.6) is 0 Å². The molecule has 6 nitrogen and oxygen atoms in total. The van der Waals surface area contributed by atoms with E-state index in [-0.39, 0.29) is 6.54 Å². The molecule has 7 heteroatoms. The normalized spacial score (nSPS) is 29.4. The summed E-state index contributed by atoms with van der Waals surface area (Å²) in [5.41, 5.74) is 0. The van der Waals surface area contributed by atoms with Crippen LogP contribution in [0.15, 0.2) is 17.5 Å². The van der Waals surface area contributed by atoms with Crippen LogP contribution >= 0.6 is 11.3 Å². The van der Waals surface area contributed by atoms with Crippen molar-refractivity contribution in [1.82, 2.24) is 9.80 Å². The van der Waals surface area contributed by atoms with Gasteiger partial charge in [0.1, 0.15) is 0 Å². The summed E-state index contributed by atoms with van der Waals surface area (Å²) in [6.07, 6.45) is 7.99. The second kappa shape index (κ2) is 7.48. The Bertz CT molecular complexity index is 688. The lowest BCUT2D eigenvalue weighted by Crippen LogP contribution is -3.19. The first-order chi connectivity index (χ1) is 12.6. The van der Waals surface area contributed by atoms with Crippen LogP contribution in [0, 0.1) is 5.92 Å². The molecular weight excluding hydrogens is 350 g/mol. The van der Waals surface area contributed by atoms with Crippen LogP contribution in [0.1, 0.15) is 43.4 Å². The van der Waals surface area contributed by atoms with Gasteiger partial charge in [0.25, 0.3) is 0 Å². The fourth-order valence-electron chi connectivity index (χ4n) is 4.83. The molecule has 2 aliphatic heterocycles. The molecular formula is C19H26N3O3S+. The number of quaternary nitrogens is 1. The molecule has 0 spiro atoms. The zero-order valence-corrected chi connectivity index (χ0v) is 15.8. The monoisotopic (exact) mass is 376 g/mol. The first-order valence-corrected chi connectivity index (χ1v) is 10.6. The molecule has 3 fully saturated rings. The number of urea groups is 1. The number of fused-ring (bicyclic) bond motifs is 1. The molecule has 1 aliphatic carbocycles. The highest BCUT2D eigenvalue weighted by atomic mass is 32.1. The van der Waals surface area contributed by atoms with Crippen molar-refractivity contribution >= 4 is 29.2 Å². The SMILES string of the molecule is O=C1C(=O)N(C[NH+]2CCC[C@@H]3CCCC[C@@H]32)C(=O)N1CCc1cccs1. The first kappa shape index (κ1) is 17.7. The molecule has 0 aromatic carbocycles. The summed E-state index contributed by atoms with van der Waals surface area (Å²) in [6.45, 7) is 1.61. The van der Waals surface area contributed by atoms with E-state index in [0.717, 1.165) is 22.7 Å². The van der Waals surface area contributed by atoms with Gasteiger partial charge in [-0.25, -0.2) is 9.69 Å². The molecule has 3 atom stereocenters. The van der Waals surface area contributed by atoms with Gasteiger partial charge in [0.05, 0.1) is 12.6 Å². The van der Waals surface area contributed by atoms with Crippen molar-refractivity contribution in [3.63, 3.8) is 0 Å². The quantitative estimate of drug-likeness (QED) is 0.622. The molecule has 140 valence electrons. The van der Waals surface area contributed by atoms with Gasteiger partial charge in [-0.05, 0) is 43.6 Å². The second-order valence-electron chi connectivity index (χ2n) is 7.66. The Morgan fingerprint density at radius 1 is 1.04 bits per heavy atom. The Labute approximate surface area is 157 Å². The van der Waals surface area contributed by atoms with Crippen LogP contribution in [-0.2, 0) is 16.0 Å². The van der Waals surface area contributed by atoms with E-state index in [0.29, 0.717) is 25.0 Å². The highest BCUT2D eigenvalue weighted by Gasteiger charge is 2.47. The van der Waals surface area contributed by atoms with E-state index in [1.807, 2.05) is 17.5 Å². The Hall–Kier alpha value is -1.73. The summed E-state index contributed by atoms with van der Waals surface area (Å²) < 4.78 is 0. The number of rotatable bonds is 5. The number of hydrogen-bond acceptors (Lipinski definition) is 4. The average molecular weight is 377 g/mol. The number of nitrogens with zero attached hydrogens (tertiary/aromatic N) is 2. The third-order valence-corrected chi connectivity index (χ3v) is 7.10. The van der Waals surface area contributed by atoms with Crippen molar-refractivity contribution in [1.29, 1.82) is 0 Å². The summed E-state index contributed by atoms with van der Waals surface area (Å²) in [6, 6.07) is 4.04. The minimum absolute atomic E-state index is 0.280. The van der Waals surface area contributed by atoms with Gasteiger partial charge in [-0.2, -0.15) is 0 Å². The van der Waals surface area contributed by atoms with E-state index in [1.54, 1.807) is 11.3 Å². The summed E-state index contributed by atoms with van der Waals surface area (Å²) >= 11 is 1.60.